The number of hydrogen-bond donors (Lipinski definition) is 0. The van der Waals surface area contributed by atoms with Crippen LogP contribution >= 0.6 is 0 Å². The molecule has 1 saturated carbocycles. The molecule has 2 heteroatoms. The van der Waals surface area contributed by atoms with Crippen LogP contribution in [-0.4, -0.2) is 37.2 Å². The molecule has 2 atom stereocenters. The zero-order valence-corrected chi connectivity index (χ0v) is 21.1. The minimum atomic E-state index is 0.206. The van der Waals surface area contributed by atoms with Crippen molar-refractivity contribution in [1.82, 2.24) is 4.90 Å². The molecular weight excluding hydrogens is 354 g/mol. The first-order valence-electron chi connectivity index (χ1n) is 12.6. The van der Waals surface area contributed by atoms with E-state index in [4.69, 9.17) is 4.74 Å². The predicted octanol–water partition coefficient (Wildman–Crippen LogP) is 7.32. The van der Waals surface area contributed by atoms with Gasteiger partial charge in [0.2, 0.25) is 0 Å². The Hall–Kier alpha value is -0.0800. The molecule has 2 heterocycles. The lowest BCUT2D eigenvalue weighted by atomic mass is 9.52. The van der Waals surface area contributed by atoms with Gasteiger partial charge in [-0.05, 0) is 60.3 Å². The first kappa shape index (κ1) is 23.6. The number of likely N-dealkylation sites (tertiary alicyclic amines) is 1. The van der Waals surface area contributed by atoms with Crippen molar-refractivity contribution < 1.29 is 4.74 Å². The molecule has 2 aliphatic heterocycles. The Bertz CT molecular complexity index is 559. The summed E-state index contributed by atoms with van der Waals surface area (Å²) in [5, 5.41) is 0. The second kappa shape index (κ2) is 8.12. The molecule has 0 N–H and O–H groups in total. The van der Waals surface area contributed by atoms with Crippen molar-refractivity contribution in [3.8, 4) is 0 Å². The smallest absolute Gasteiger partial charge is 0.0732 e. The van der Waals surface area contributed by atoms with Crippen molar-refractivity contribution in [2.24, 2.45) is 27.6 Å². The molecule has 2 unspecified atom stereocenters. The maximum atomic E-state index is 5.86. The van der Waals surface area contributed by atoms with Crippen LogP contribution in [0, 0.1) is 27.6 Å². The number of likely N-dealkylation sites (N-methyl/N-ethyl adjacent to an activating group) is 1. The molecule has 29 heavy (non-hydrogen) atoms. The highest BCUT2D eigenvalue weighted by Gasteiger charge is 2.63. The minimum absolute atomic E-state index is 0.206. The molecule has 170 valence electrons. The zero-order chi connectivity index (χ0) is 21.6. The van der Waals surface area contributed by atoms with Gasteiger partial charge in [0.15, 0.2) is 0 Å². The van der Waals surface area contributed by atoms with Gasteiger partial charge in [-0.1, -0.05) is 87.0 Å². The summed E-state index contributed by atoms with van der Waals surface area (Å²) in [6.07, 6.45) is 14.2. The van der Waals surface area contributed by atoms with Gasteiger partial charge in [0, 0.05) is 6.54 Å². The summed E-state index contributed by atoms with van der Waals surface area (Å²) in [5.41, 5.74) is 1.59. The molecule has 0 radical (unpaired) electrons. The second-order valence-corrected chi connectivity index (χ2v) is 13.4. The molecule has 3 rings (SSSR count). The Morgan fingerprint density at radius 2 is 1.38 bits per heavy atom. The van der Waals surface area contributed by atoms with E-state index in [1.165, 1.54) is 70.8 Å². The molecular formula is C27H51NO. The van der Waals surface area contributed by atoms with Gasteiger partial charge < -0.3 is 4.74 Å². The van der Waals surface area contributed by atoms with Gasteiger partial charge in [-0.2, -0.15) is 0 Å². The maximum Gasteiger partial charge on any atom is 0.0732 e. The molecule has 3 fully saturated rings. The van der Waals surface area contributed by atoms with Gasteiger partial charge >= 0.3 is 0 Å². The minimum Gasteiger partial charge on any atom is -0.377 e. The summed E-state index contributed by atoms with van der Waals surface area (Å²) in [4.78, 5) is 2.74. The van der Waals surface area contributed by atoms with Crippen LogP contribution in [0.3, 0.4) is 0 Å². The van der Waals surface area contributed by atoms with Gasteiger partial charge in [-0.25, -0.2) is 0 Å². The summed E-state index contributed by atoms with van der Waals surface area (Å²) >= 11 is 0. The molecule has 0 amide bonds. The highest BCUT2D eigenvalue weighted by Crippen LogP contribution is 2.61. The van der Waals surface area contributed by atoms with Gasteiger partial charge in [-0.15, -0.1) is 0 Å². The lowest BCUT2D eigenvalue weighted by Gasteiger charge is -2.61. The van der Waals surface area contributed by atoms with Gasteiger partial charge in [-0.3, -0.25) is 4.90 Å². The molecule has 0 bridgehead atoms. The van der Waals surface area contributed by atoms with Crippen molar-refractivity contribution >= 4 is 0 Å². The van der Waals surface area contributed by atoms with E-state index in [9.17, 15) is 0 Å². The van der Waals surface area contributed by atoms with Crippen LogP contribution in [-0.2, 0) is 4.74 Å². The average molecular weight is 406 g/mol. The van der Waals surface area contributed by atoms with Crippen LogP contribution in [0.15, 0.2) is 0 Å². The fourth-order valence-corrected chi connectivity index (χ4v) is 7.40. The van der Waals surface area contributed by atoms with Crippen LogP contribution in [0.4, 0.5) is 0 Å². The Kier molecular flexibility index (Phi) is 6.60. The van der Waals surface area contributed by atoms with E-state index in [1.807, 2.05) is 0 Å². The van der Waals surface area contributed by atoms with Crippen LogP contribution in [0.25, 0.3) is 0 Å². The highest BCUT2D eigenvalue weighted by molar-refractivity contribution is 5.15. The van der Waals surface area contributed by atoms with Crippen LogP contribution in [0.5, 0.6) is 0 Å². The summed E-state index contributed by atoms with van der Waals surface area (Å²) in [5.74, 6) is 0.823. The standard InChI is InChI=1S/C27H51NO/c1-23(2)16-14-12-10-9-11-13-15-22(17-23)26(7)18-24(3,4)25(5,6)27(20-29-21-27)28(8)19-26/h22H,9-21H2,1-8H3. The van der Waals surface area contributed by atoms with E-state index in [0.29, 0.717) is 16.2 Å². The van der Waals surface area contributed by atoms with Gasteiger partial charge in [0.25, 0.3) is 0 Å². The Morgan fingerprint density at radius 1 is 0.793 bits per heavy atom. The van der Waals surface area contributed by atoms with E-state index in [1.54, 1.807) is 0 Å². The van der Waals surface area contributed by atoms with Crippen molar-refractivity contribution in [1.29, 1.82) is 0 Å². The fourth-order valence-electron chi connectivity index (χ4n) is 7.40. The van der Waals surface area contributed by atoms with Crippen molar-refractivity contribution in [2.75, 3.05) is 26.8 Å². The van der Waals surface area contributed by atoms with E-state index in [2.05, 4.69) is 60.4 Å². The van der Waals surface area contributed by atoms with Gasteiger partial charge in [0.1, 0.15) is 0 Å². The number of ether oxygens (including phenoxy) is 1. The Labute approximate surface area is 182 Å². The average Bonchev–Trinajstić information content (AvgIpc) is 2.60. The van der Waals surface area contributed by atoms with E-state index in [-0.39, 0.29) is 11.0 Å². The maximum absolute atomic E-state index is 5.86. The first-order valence-corrected chi connectivity index (χ1v) is 12.6. The number of rotatable bonds is 1. The third-order valence-electron chi connectivity index (χ3n) is 10.2. The lowest BCUT2D eigenvalue weighted by molar-refractivity contribution is -0.208. The van der Waals surface area contributed by atoms with E-state index < -0.39 is 0 Å². The third kappa shape index (κ3) is 4.32. The van der Waals surface area contributed by atoms with Crippen LogP contribution < -0.4 is 0 Å². The van der Waals surface area contributed by atoms with E-state index >= 15 is 0 Å². The van der Waals surface area contributed by atoms with Gasteiger partial charge in [0.05, 0.1) is 18.8 Å². The SMILES string of the molecule is CN1CC(C)(C2CCCCCCCCC(C)(C)C2)CC(C)(C)C(C)(C)C12COC2. The molecule has 1 spiro atoms. The van der Waals surface area contributed by atoms with Crippen molar-refractivity contribution in [3.63, 3.8) is 0 Å². The molecule has 2 nitrogen and oxygen atoms in total. The second-order valence-electron chi connectivity index (χ2n) is 13.4. The first-order chi connectivity index (χ1) is 13.4. The molecule has 0 aromatic carbocycles. The zero-order valence-electron chi connectivity index (χ0n) is 21.1. The van der Waals surface area contributed by atoms with Crippen molar-refractivity contribution in [3.05, 3.63) is 0 Å². The molecule has 2 saturated heterocycles. The summed E-state index contributed by atoms with van der Waals surface area (Å²) in [7, 11) is 2.40. The highest BCUT2D eigenvalue weighted by atomic mass is 16.5. The Balaban J connectivity index is 1.93. The van der Waals surface area contributed by atoms with Crippen LogP contribution in [0.1, 0.15) is 113 Å². The predicted molar refractivity (Wildman–Crippen MR) is 125 cm³/mol. The van der Waals surface area contributed by atoms with E-state index in [0.717, 1.165) is 19.1 Å². The largest absolute Gasteiger partial charge is 0.377 e. The fraction of sp³-hybridized carbons (Fsp3) is 1.00. The third-order valence-corrected chi connectivity index (χ3v) is 10.2. The normalized spacial score (nSPS) is 37.9. The molecule has 0 aromatic heterocycles. The Morgan fingerprint density at radius 3 is 1.97 bits per heavy atom. The molecule has 0 aromatic rings. The molecule has 3 aliphatic rings. The number of nitrogens with zero attached hydrogens (tertiary/aromatic N) is 1. The van der Waals surface area contributed by atoms with Crippen molar-refractivity contribution in [2.45, 2.75) is 118 Å². The summed E-state index contributed by atoms with van der Waals surface area (Å²) in [6, 6.07) is 0. The monoisotopic (exact) mass is 405 g/mol. The summed E-state index contributed by atoms with van der Waals surface area (Å²) < 4.78 is 5.86. The molecule has 1 aliphatic carbocycles. The topological polar surface area (TPSA) is 12.5 Å². The number of hydrogen-bond acceptors (Lipinski definition) is 2. The lowest BCUT2D eigenvalue weighted by Crippen LogP contribution is -2.70. The van der Waals surface area contributed by atoms with Crippen LogP contribution in [0.2, 0.25) is 0 Å². The quantitative estimate of drug-likeness (QED) is 0.453. The summed E-state index contributed by atoms with van der Waals surface area (Å²) in [6.45, 7) is 21.0.